The predicted octanol–water partition coefficient (Wildman–Crippen LogP) is 3.60. The fraction of sp³-hybridized carbons (Fsp3) is 0.0769. The molecule has 3 N–H and O–H groups in total. The van der Waals surface area contributed by atoms with Crippen molar-refractivity contribution in [3.05, 3.63) is 53.6 Å². The van der Waals surface area contributed by atoms with E-state index in [2.05, 4.69) is 5.32 Å². The van der Waals surface area contributed by atoms with E-state index in [-0.39, 0.29) is 5.69 Å². The number of nitrogens with one attached hydrogen (secondary N) is 1. The average molecular weight is 234 g/mol. The molecule has 17 heavy (non-hydrogen) atoms. The molecule has 0 saturated carbocycles. The monoisotopic (exact) mass is 234 g/mol. The van der Waals surface area contributed by atoms with Gasteiger partial charge in [-0.1, -0.05) is 0 Å². The molecule has 0 aliphatic heterocycles. The molecular formula is C13H12F2N2. The van der Waals surface area contributed by atoms with Crippen molar-refractivity contribution in [2.75, 3.05) is 11.1 Å². The van der Waals surface area contributed by atoms with Crippen LogP contribution in [0.5, 0.6) is 0 Å². The SMILES string of the molecule is Cc1cc(Nc2ccc(F)cc2F)ccc1N. The van der Waals surface area contributed by atoms with Crippen molar-refractivity contribution < 1.29 is 8.78 Å². The van der Waals surface area contributed by atoms with Crippen LogP contribution in [0.15, 0.2) is 36.4 Å². The van der Waals surface area contributed by atoms with Crippen LogP contribution in [0.25, 0.3) is 0 Å². The summed E-state index contributed by atoms with van der Waals surface area (Å²) in [6.07, 6.45) is 0. The smallest absolute Gasteiger partial charge is 0.149 e. The molecule has 0 saturated heterocycles. The molecule has 2 rings (SSSR count). The van der Waals surface area contributed by atoms with Gasteiger partial charge in [-0.3, -0.25) is 0 Å². The topological polar surface area (TPSA) is 38.0 Å². The predicted molar refractivity (Wildman–Crippen MR) is 65.2 cm³/mol. The quantitative estimate of drug-likeness (QED) is 0.779. The van der Waals surface area contributed by atoms with Gasteiger partial charge in [-0.25, -0.2) is 8.78 Å². The van der Waals surface area contributed by atoms with Gasteiger partial charge >= 0.3 is 0 Å². The Balaban J connectivity index is 2.28. The lowest BCUT2D eigenvalue weighted by molar-refractivity contribution is 0.586. The second kappa shape index (κ2) is 4.41. The number of aryl methyl sites for hydroxylation is 1. The lowest BCUT2D eigenvalue weighted by atomic mass is 10.2. The highest BCUT2D eigenvalue weighted by Crippen LogP contribution is 2.23. The second-order valence-electron chi connectivity index (χ2n) is 3.82. The Morgan fingerprint density at radius 1 is 1.06 bits per heavy atom. The molecule has 2 aromatic rings. The molecular weight excluding hydrogens is 222 g/mol. The molecule has 0 unspecified atom stereocenters. The second-order valence-corrected chi connectivity index (χ2v) is 3.82. The van der Waals surface area contributed by atoms with Crippen molar-refractivity contribution in [1.29, 1.82) is 0 Å². The highest BCUT2D eigenvalue weighted by Gasteiger charge is 2.04. The van der Waals surface area contributed by atoms with Crippen LogP contribution in [-0.4, -0.2) is 0 Å². The van der Waals surface area contributed by atoms with E-state index in [4.69, 9.17) is 5.73 Å². The Bertz CT molecular complexity index is 553. The molecule has 2 nitrogen and oxygen atoms in total. The lowest BCUT2D eigenvalue weighted by Crippen LogP contribution is -1.96. The molecule has 2 aromatic carbocycles. The molecule has 0 aromatic heterocycles. The molecule has 0 spiro atoms. The molecule has 4 heteroatoms. The van der Waals surface area contributed by atoms with Crippen LogP contribution >= 0.6 is 0 Å². The van der Waals surface area contributed by atoms with E-state index in [0.717, 1.165) is 11.6 Å². The van der Waals surface area contributed by atoms with Crippen molar-refractivity contribution in [1.82, 2.24) is 0 Å². The van der Waals surface area contributed by atoms with Crippen LogP contribution in [0.2, 0.25) is 0 Å². The van der Waals surface area contributed by atoms with Crippen LogP contribution < -0.4 is 11.1 Å². The van der Waals surface area contributed by atoms with Gasteiger partial charge < -0.3 is 11.1 Å². The number of nitrogen functional groups attached to an aromatic ring is 1. The third-order valence-corrected chi connectivity index (χ3v) is 2.48. The Morgan fingerprint density at radius 2 is 1.82 bits per heavy atom. The van der Waals surface area contributed by atoms with E-state index in [0.29, 0.717) is 11.4 Å². The number of halogens is 2. The van der Waals surface area contributed by atoms with Crippen molar-refractivity contribution >= 4 is 17.1 Å². The first-order chi connectivity index (χ1) is 8.06. The van der Waals surface area contributed by atoms with E-state index in [1.165, 1.54) is 12.1 Å². The van der Waals surface area contributed by atoms with E-state index in [1.54, 1.807) is 18.2 Å². The van der Waals surface area contributed by atoms with Crippen molar-refractivity contribution in [2.24, 2.45) is 0 Å². The number of hydrogen-bond acceptors (Lipinski definition) is 2. The minimum atomic E-state index is -0.625. The number of nitrogens with two attached hydrogens (primary N) is 1. The van der Waals surface area contributed by atoms with Gasteiger partial charge in [0.1, 0.15) is 11.6 Å². The minimum Gasteiger partial charge on any atom is -0.399 e. The summed E-state index contributed by atoms with van der Waals surface area (Å²) >= 11 is 0. The Labute approximate surface area is 98.1 Å². The lowest BCUT2D eigenvalue weighted by Gasteiger charge is -2.09. The Hall–Kier alpha value is -2.10. The van der Waals surface area contributed by atoms with Gasteiger partial charge in [-0.15, -0.1) is 0 Å². The van der Waals surface area contributed by atoms with E-state index < -0.39 is 11.6 Å². The van der Waals surface area contributed by atoms with Gasteiger partial charge in [0.05, 0.1) is 5.69 Å². The maximum atomic E-state index is 13.4. The van der Waals surface area contributed by atoms with E-state index in [1.807, 2.05) is 6.92 Å². The Kier molecular flexibility index (Phi) is 2.95. The fourth-order valence-corrected chi connectivity index (χ4v) is 1.50. The minimum absolute atomic E-state index is 0.232. The first-order valence-corrected chi connectivity index (χ1v) is 5.14. The van der Waals surface area contributed by atoms with Crippen molar-refractivity contribution in [2.45, 2.75) is 6.92 Å². The average Bonchev–Trinajstić information content (AvgIpc) is 2.27. The number of anilines is 3. The molecule has 0 atom stereocenters. The zero-order chi connectivity index (χ0) is 12.4. The van der Waals surface area contributed by atoms with Crippen LogP contribution in [0.4, 0.5) is 25.8 Å². The third kappa shape index (κ3) is 2.53. The first kappa shape index (κ1) is 11.4. The van der Waals surface area contributed by atoms with E-state index in [9.17, 15) is 8.78 Å². The molecule has 0 amide bonds. The highest BCUT2D eigenvalue weighted by molar-refractivity contribution is 5.64. The van der Waals surface area contributed by atoms with Gasteiger partial charge in [-0.2, -0.15) is 0 Å². The zero-order valence-electron chi connectivity index (χ0n) is 9.30. The maximum absolute atomic E-state index is 13.4. The van der Waals surface area contributed by atoms with Gasteiger partial charge in [-0.05, 0) is 42.8 Å². The largest absolute Gasteiger partial charge is 0.399 e. The van der Waals surface area contributed by atoms with E-state index >= 15 is 0 Å². The number of hydrogen-bond donors (Lipinski definition) is 2. The molecule has 0 aliphatic rings. The van der Waals surface area contributed by atoms with Crippen LogP contribution in [0.1, 0.15) is 5.56 Å². The standard InChI is InChI=1S/C13H12F2N2/c1-8-6-10(3-4-12(8)16)17-13-5-2-9(14)7-11(13)15/h2-7,17H,16H2,1H3. The molecule has 0 heterocycles. The van der Waals surface area contributed by atoms with Crippen molar-refractivity contribution in [3.63, 3.8) is 0 Å². The summed E-state index contributed by atoms with van der Waals surface area (Å²) in [5.74, 6) is -1.22. The first-order valence-electron chi connectivity index (χ1n) is 5.14. The number of rotatable bonds is 2. The fourth-order valence-electron chi connectivity index (χ4n) is 1.50. The molecule has 0 fully saturated rings. The summed E-state index contributed by atoms with van der Waals surface area (Å²) in [4.78, 5) is 0. The zero-order valence-corrected chi connectivity index (χ0v) is 9.30. The summed E-state index contributed by atoms with van der Waals surface area (Å²) < 4.78 is 26.1. The molecule has 0 aliphatic carbocycles. The van der Waals surface area contributed by atoms with Crippen LogP contribution in [0.3, 0.4) is 0 Å². The van der Waals surface area contributed by atoms with Crippen LogP contribution in [-0.2, 0) is 0 Å². The van der Waals surface area contributed by atoms with Gasteiger partial charge in [0.15, 0.2) is 0 Å². The summed E-state index contributed by atoms with van der Waals surface area (Å²) in [7, 11) is 0. The molecule has 88 valence electrons. The summed E-state index contributed by atoms with van der Waals surface area (Å²) in [5.41, 5.74) is 8.20. The number of benzene rings is 2. The Morgan fingerprint density at radius 3 is 2.47 bits per heavy atom. The molecule has 0 bridgehead atoms. The highest BCUT2D eigenvalue weighted by atomic mass is 19.1. The maximum Gasteiger partial charge on any atom is 0.149 e. The van der Waals surface area contributed by atoms with Gasteiger partial charge in [0.25, 0.3) is 0 Å². The summed E-state index contributed by atoms with van der Waals surface area (Å²) in [6.45, 7) is 1.86. The normalized spacial score (nSPS) is 10.3. The molecule has 0 radical (unpaired) electrons. The third-order valence-electron chi connectivity index (χ3n) is 2.48. The van der Waals surface area contributed by atoms with Crippen molar-refractivity contribution in [3.8, 4) is 0 Å². The van der Waals surface area contributed by atoms with Gasteiger partial charge in [0, 0.05) is 17.4 Å². The van der Waals surface area contributed by atoms with Crippen LogP contribution in [0, 0.1) is 18.6 Å². The summed E-state index contributed by atoms with van der Waals surface area (Å²) in [6, 6.07) is 8.68. The summed E-state index contributed by atoms with van der Waals surface area (Å²) in [5, 5.41) is 2.87. The van der Waals surface area contributed by atoms with Gasteiger partial charge in [0.2, 0.25) is 0 Å².